The Morgan fingerprint density at radius 1 is 1.03 bits per heavy atom. The van der Waals surface area contributed by atoms with E-state index in [2.05, 4.69) is 18.8 Å². The van der Waals surface area contributed by atoms with Crippen LogP contribution in [0.3, 0.4) is 0 Å². The van der Waals surface area contributed by atoms with Crippen molar-refractivity contribution in [2.24, 2.45) is 0 Å². The number of carbonyl (C=O) groups excluding carboxylic acids is 2. The van der Waals surface area contributed by atoms with Crippen LogP contribution in [0.5, 0.6) is 0 Å². The SMILES string of the molecule is CCCN(CCC)C(=O)Cn1c(CN(C)C(=O)c2cccnc2)nc2ccccc21. The monoisotopic (exact) mass is 407 g/mol. The van der Waals surface area contributed by atoms with Gasteiger partial charge in [0.1, 0.15) is 12.4 Å². The molecular formula is C23H29N5O2. The van der Waals surface area contributed by atoms with Gasteiger partial charge in [0.25, 0.3) is 5.91 Å². The highest BCUT2D eigenvalue weighted by Crippen LogP contribution is 2.18. The molecular weight excluding hydrogens is 378 g/mol. The van der Waals surface area contributed by atoms with E-state index in [1.807, 2.05) is 33.7 Å². The van der Waals surface area contributed by atoms with Crippen molar-refractivity contribution in [3.63, 3.8) is 0 Å². The van der Waals surface area contributed by atoms with Gasteiger partial charge in [-0.25, -0.2) is 4.98 Å². The van der Waals surface area contributed by atoms with Crippen molar-refractivity contribution in [1.29, 1.82) is 0 Å². The maximum absolute atomic E-state index is 13.0. The van der Waals surface area contributed by atoms with Crippen LogP contribution in [-0.4, -0.2) is 56.3 Å². The first-order valence-corrected chi connectivity index (χ1v) is 10.4. The summed E-state index contributed by atoms with van der Waals surface area (Å²) in [7, 11) is 1.74. The number of amides is 2. The molecule has 0 N–H and O–H groups in total. The van der Waals surface area contributed by atoms with Crippen LogP contribution in [0.4, 0.5) is 0 Å². The zero-order chi connectivity index (χ0) is 21.5. The molecule has 0 atom stereocenters. The summed E-state index contributed by atoms with van der Waals surface area (Å²) >= 11 is 0. The fraction of sp³-hybridized carbons (Fsp3) is 0.391. The van der Waals surface area contributed by atoms with E-state index in [0.29, 0.717) is 17.9 Å². The normalized spacial score (nSPS) is 10.9. The molecule has 2 amide bonds. The van der Waals surface area contributed by atoms with Crippen molar-refractivity contribution >= 4 is 22.8 Å². The van der Waals surface area contributed by atoms with Crippen LogP contribution in [0.25, 0.3) is 11.0 Å². The first-order chi connectivity index (χ1) is 14.5. The van der Waals surface area contributed by atoms with Gasteiger partial charge in [-0.15, -0.1) is 0 Å². The molecule has 0 aliphatic heterocycles. The number of rotatable bonds is 9. The Labute approximate surface area is 177 Å². The van der Waals surface area contributed by atoms with Crippen LogP contribution in [0, 0.1) is 0 Å². The molecule has 0 unspecified atom stereocenters. The molecule has 30 heavy (non-hydrogen) atoms. The first-order valence-electron chi connectivity index (χ1n) is 10.4. The third kappa shape index (κ3) is 4.84. The summed E-state index contributed by atoms with van der Waals surface area (Å²) in [6.07, 6.45) is 5.04. The lowest BCUT2D eigenvalue weighted by Crippen LogP contribution is -2.36. The van der Waals surface area contributed by atoms with E-state index in [0.717, 1.165) is 37.0 Å². The van der Waals surface area contributed by atoms with E-state index in [-0.39, 0.29) is 18.4 Å². The molecule has 0 spiro atoms. The zero-order valence-corrected chi connectivity index (χ0v) is 17.9. The number of para-hydroxylation sites is 2. The highest BCUT2D eigenvalue weighted by molar-refractivity contribution is 5.93. The lowest BCUT2D eigenvalue weighted by Gasteiger charge is -2.23. The molecule has 2 aromatic heterocycles. The summed E-state index contributed by atoms with van der Waals surface area (Å²) in [4.78, 5) is 38.0. The molecule has 2 heterocycles. The number of aromatic nitrogens is 3. The Balaban J connectivity index is 1.87. The van der Waals surface area contributed by atoms with Gasteiger partial charge in [0.05, 0.1) is 23.1 Å². The predicted octanol–water partition coefficient (Wildman–Crippen LogP) is 3.35. The highest BCUT2D eigenvalue weighted by atomic mass is 16.2. The second-order valence-electron chi connectivity index (χ2n) is 7.39. The van der Waals surface area contributed by atoms with Gasteiger partial charge in [0.15, 0.2) is 0 Å². The summed E-state index contributed by atoms with van der Waals surface area (Å²) in [6.45, 7) is 6.16. The van der Waals surface area contributed by atoms with E-state index in [4.69, 9.17) is 4.98 Å². The number of benzene rings is 1. The minimum absolute atomic E-state index is 0.0735. The minimum Gasteiger partial charge on any atom is -0.341 e. The number of imidazole rings is 1. The van der Waals surface area contributed by atoms with Crippen molar-refractivity contribution < 1.29 is 9.59 Å². The second-order valence-corrected chi connectivity index (χ2v) is 7.39. The molecule has 1 aromatic carbocycles. The van der Waals surface area contributed by atoms with E-state index in [9.17, 15) is 9.59 Å². The van der Waals surface area contributed by atoms with E-state index < -0.39 is 0 Å². The molecule has 7 heteroatoms. The largest absolute Gasteiger partial charge is 0.341 e. The van der Waals surface area contributed by atoms with Crippen molar-refractivity contribution in [3.05, 3.63) is 60.2 Å². The second kappa shape index (κ2) is 10.0. The number of pyridine rings is 1. The summed E-state index contributed by atoms with van der Waals surface area (Å²) in [5, 5.41) is 0. The zero-order valence-electron chi connectivity index (χ0n) is 17.9. The van der Waals surface area contributed by atoms with Crippen LogP contribution in [0.2, 0.25) is 0 Å². The van der Waals surface area contributed by atoms with Crippen LogP contribution < -0.4 is 0 Å². The fourth-order valence-electron chi connectivity index (χ4n) is 3.55. The Kier molecular flexibility index (Phi) is 7.17. The Bertz CT molecular complexity index is 993. The molecule has 7 nitrogen and oxygen atoms in total. The standard InChI is InChI=1S/C23H29N5O2/c1-4-13-27(14-5-2)22(29)17-28-20-11-7-6-10-19(20)25-21(28)16-26(3)23(30)18-9-8-12-24-15-18/h6-12,15H,4-5,13-14,16-17H2,1-3H3. The Morgan fingerprint density at radius 2 is 1.77 bits per heavy atom. The van der Waals surface area contributed by atoms with Crippen LogP contribution >= 0.6 is 0 Å². The third-order valence-electron chi connectivity index (χ3n) is 5.00. The highest BCUT2D eigenvalue weighted by Gasteiger charge is 2.20. The molecule has 0 aliphatic carbocycles. The quantitative estimate of drug-likeness (QED) is 0.545. The van der Waals surface area contributed by atoms with Gasteiger partial charge in [-0.2, -0.15) is 0 Å². The summed E-state index contributed by atoms with van der Waals surface area (Å²) in [5.74, 6) is 0.633. The summed E-state index contributed by atoms with van der Waals surface area (Å²) in [6, 6.07) is 11.2. The summed E-state index contributed by atoms with van der Waals surface area (Å²) < 4.78 is 1.93. The topological polar surface area (TPSA) is 71.3 Å². The predicted molar refractivity (Wildman–Crippen MR) is 117 cm³/mol. The number of nitrogens with zero attached hydrogens (tertiary/aromatic N) is 5. The smallest absolute Gasteiger partial charge is 0.255 e. The van der Waals surface area contributed by atoms with Crippen LogP contribution in [0.15, 0.2) is 48.8 Å². The number of carbonyl (C=O) groups is 2. The summed E-state index contributed by atoms with van der Waals surface area (Å²) in [5.41, 5.74) is 2.24. The molecule has 0 fully saturated rings. The van der Waals surface area contributed by atoms with Crippen molar-refractivity contribution in [1.82, 2.24) is 24.3 Å². The van der Waals surface area contributed by atoms with E-state index in [1.54, 1.807) is 36.5 Å². The fourth-order valence-corrected chi connectivity index (χ4v) is 3.55. The number of fused-ring (bicyclic) bond motifs is 1. The molecule has 3 rings (SSSR count). The van der Waals surface area contributed by atoms with Gasteiger partial charge in [-0.3, -0.25) is 14.6 Å². The van der Waals surface area contributed by atoms with Gasteiger partial charge in [-0.05, 0) is 37.1 Å². The van der Waals surface area contributed by atoms with E-state index in [1.165, 1.54) is 0 Å². The molecule has 0 aliphatic rings. The molecule has 0 bridgehead atoms. The average Bonchev–Trinajstić information content (AvgIpc) is 3.10. The Morgan fingerprint density at radius 3 is 2.43 bits per heavy atom. The minimum atomic E-state index is -0.133. The molecule has 0 saturated heterocycles. The number of hydrogen-bond donors (Lipinski definition) is 0. The Hall–Kier alpha value is -3.22. The third-order valence-corrected chi connectivity index (χ3v) is 5.00. The van der Waals surface area contributed by atoms with E-state index >= 15 is 0 Å². The van der Waals surface area contributed by atoms with Gasteiger partial charge < -0.3 is 14.4 Å². The van der Waals surface area contributed by atoms with Gasteiger partial charge >= 0.3 is 0 Å². The van der Waals surface area contributed by atoms with Crippen molar-refractivity contribution in [3.8, 4) is 0 Å². The molecule has 158 valence electrons. The molecule has 3 aromatic rings. The lowest BCUT2D eigenvalue weighted by molar-refractivity contribution is -0.131. The maximum Gasteiger partial charge on any atom is 0.255 e. The van der Waals surface area contributed by atoms with Gasteiger partial charge in [0.2, 0.25) is 5.91 Å². The van der Waals surface area contributed by atoms with Crippen LogP contribution in [0.1, 0.15) is 42.9 Å². The number of hydrogen-bond acceptors (Lipinski definition) is 4. The first kappa shape index (κ1) is 21.5. The lowest BCUT2D eigenvalue weighted by atomic mass is 10.2. The van der Waals surface area contributed by atoms with Gasteiger partial charge in [-0.1, -0.05) is 26.0 Å². The van der Waals surface area contributed by atoms with Crippen LogP contribution in [-0.2, 0) is 17.9 Å². The maximum atomic E-state index is 13.0. The van der Waals surface area contributed by atoms with Crippen molar-refractivity contribution in [2.45, 2.75) is 39.8 Å². The van der Waals surface area contributed by atoms with Gasteiger partial charge in [0, 0.05) is 32.5 Å². The average molecular weight is 408 g/mol. The molecule has 0 radical (unpaired) electrons. The molecule has 0 saturated carbocycles. The van der Waals surface area contributed by atoms with Crippen molar-refractivity contribution in [2.75, 3.05) is 20.1 Å².